The Balaban J connectivity index is 1.83. The summed E-state index contributed by atoms with van der Waals surface area (Å²) in [7, 11) is 3.70. The molecule has 0 aromatic heterocycles. The Morgan fingerprint density at radius 3 is 2.37 bits per heavy atom. The van der Waals surface area contributed by atoms with Crippen LogP contribution in [0.1, 0.15) is 35.3 Å². The number of carbonyl (C=O) groups is 2. The van der Waals surface area contributed by atoms with Crippen LogP contribution in [0.15, 0.2) is 42.5 Å². The van der Waals surface area contributed by atoms with Crippen molar-refractivity contribution < 1.29 is 9.59 Å². The van der Waals surface area contributed by atoms with Gasteiger partial charge in [0.05, 0.1) is 0 Å². The average Bonchev–Trinajstić information content (AvgIpc) is 2.73. The van der Waals surface area contributed by atoms with E-state index in [1.165, 1.54) is 0 Å². The van der Waals surface area contributed by atoms with E-state index in [1.54, 1.807) is 43.1 Å². The third-order valence-electron chi connectivity index (χ3n) is 5.02. The van der Waals surface area contributed by atoms with Crippen molar-refractivity contribution in [3.05, 3.63) is 59.2 Å². The zero-order chi connectivity index (χ0) is 19.7. The molecule has 2 aromatic carbocycles. The highest BCUT2D eigenvalue weighted by Gasteiger charge is 2.28. The summed E-state index contributed by atoms with van der Waals surface area (Å²) in [6, 6.07) is 12.5. The van der Waals surface area contributed by atoms with Crippen LogP contribution in [-0.2, 0) is 11.3 Å². The third kappa shape index (κ3) is 3.69. The fourth-order valence-electron chi connectivity index (χ4n) is 3.24. The molecule has 0 saturated carbocycles. The molecule has 3 rings (SSSR count). The highest BCUT2D eigenvalue weighted by Crippen LogP contribution is 2.29. The van der Waals surface area contributed by atoms with Crippen molar-refractivity contribution in [2.45, 2.75) is 26.4 Å². The summed E-state index contributed by atoms with van der Waals surface area (Å²) in [6.07, 6.45) is 0. The summed E-state index contributed by atoms with van der Waals surface area (Å²) >= 11 is 0. The number of nitrogens with zero attached hydrogens (tertiary/aromatic N) is 2. The molecular weight excluding hydrogens is 340 g/mol. The van der Waals surface area contributed by atoms with Crippen LogP contribution in [0.3, 0.4) is 0 Å². The van der Waals surface area contributed by atoms with E-state index in [9.17, 15) is 9.59 Å². The minimum absolute atomic E-state index is 0.0702. The number of nitrogens with one attached hydrogen (secondary N) is 2. The first-order chi connectivity index (χ1) is 12.8. The second kappa shape index (κ2) is 7.23. The van der Waals surface area contributed by atoms with E-state index in [-0.39, 0.29) is 17.9 Å². The molecule has 2 N–H and O–H groups in total. The van der Waals surface area contributed by atoms with E-state index >= 15 is 0 Å². The lowest BCUT2D eigenvalue weighted by Crippen LogP contribution is -2.41. The highest BCUT2D eigenvalue weighted by atomic mass is 16.2. The number of likely N-dealkylation sites (N-methyl/N-ethyl adjacent to an activating group) is 2. The fourth-order valence-corrected chi connectivity index (χ4v) is 3.24. The molecule has 0 bridgehead atoms. The van der Waals surface area contributed by atoms with Crippen molar-refractivity contribution in [2.24, 2.45) is 0 Å². The quantitative estimate of drug-likeness (QED) is 0.822. The molecular formula is C21H24N4O2. The predicted octanol–water partition coefficient (Wildman–Crippen LogP) is 3.12. The van der Waals surface area contributed by atoms with Gasteiger partial charge in [-0.2, -0.15) is 0 Å². The number of hydrogen-bond donors (Lipinski definition) is 2. The summed E-state index contributed by atoms with van der Waals surface area (Å²) < 4.78 is 0. The second-order valence-electron chi connectivity index (χ2n) is 6.98. The lowest BCUT2D eigenvalue weighted by molar-refractivity contribution is -0.131. The first-order valence-electron chi connectivity index (χ1n) is 8.85. The van der Waals surface area contributed by atoms with Crippen LogP contribution >= 0.6 is 0 Å². The molecule has 1 aliphatic heterocycles. The van der Waals surface area contributed by atoms with Gasteiger partial charge in [-0.05, 0) is 55.3 Å². The van der Waals surface area contributed by atoms with Gasteiger partial charge in [0.25, 0.3) is 5.91 Å². The SMILES string of the molecule is CC(=N)c1ccc(C(=O)Nc2ccc3c(c2)CN(C)C(=O)C(C)N3C)cc1. The molecule has 0 saturated heterocycles. The number of anilines is 2. The second-order valence-corrected chi connectivity index (χ2v) is 6.98. The Hall–Kier alpha value is -3.15. The van der Waals surface area contributed by atoms with Crippen molar-refractivity contribution >= 4 is 28.9 Å². The first-order valence-corrected chi connectivity index (χ1v) is 8.85. The smallest absolute Gasteiger partial charge is 0.255 e. The number of rotatable bonds is 3. The lowest BCUT2D eigenvalue weighted by Gasteiger charge is -2.25. The molecule has 2 aromatic rings. The molecule has 6 heteroatoms. The Kier molecular flexibility index (Phi) is 4.99. The van der Waals surface area contributed by atoms with Gasteiger partial charge >= 0.3 is 0 Å². The Labute approximate surface area is 159 Å². The van der Waals surface area contributed by atoms with Crippen LogP contribution < -0.4 is 10.2 Å². The summed E-state index contributed by atoms with van der Waals surface area (Å²) in [6.45, 7) is 4.10. The van der Waals surface area contributed by atoms with Gasteiger partial charge in [-0.3, -0.25) is 9.59 Å². The van der Waals surface area contributed by atoms with Crippen LogP contribution in [0.4, 0.5) is 11.4 Å². The van der Waals surface area contributed by atoms with Crippen molar-refractivity contribution in [1.29, 1.82) is 5.41 Å². The molecule has 0 fully saturated rings. The molecule has 6 nitrogen and oxygen atoms in total. The molecule has 0 spiro atoms. The minimum atomic E-state index is -0.229. The summed E-state index contributed by atoms with van der Waals surface area (Å²) in [4.78, 5) is 28.5. The van der Waals surface area contributed by atoms with E-state index in [0.29, 0.717) is 23.5 Å². The average molecular weight is 364 g/mol. The molecule has 27 heavy (non-hydrogen) atoms. The molecule has 140 valence electrons. The van der Waals surface area contributed by atoms with Gasteiger partial charge in [0.2, 0.25) is 5.91 Å². The number of amides is 2. The van der Waals surface area contributed by atoms with Crippen LogP contribution in [0.2, 0.25) is 0 Å². The molecule has 1 unspecified atom stereocenters. The molecule has 1 aliphatic rings. The van der Waals surface area contributed by atoms with E-state index in [0.717, 1.165) is 16.8 Å². The standard InChI is InChI=1S/C21H24N4O2/c1-13(22)15-5-7-16(8-6-15)20(26)23-18-9-10-19-17(11-18)12-24(3)21(27)14(2)25(19)4/h5-11,14,22H,12H2,1-4H3,(H,23,26). The maximum absolute atomic E-state index is 12.5. The molecule has 1 heterocycles. The molecule has 0 aliphatic carbocycles. The van der Waals surface area contributed by atoms with Crippen LogP contribution in [0.5, 0.6) is 0 Å². The number of fused-ring (bicyclic) bond motifs is 1. The third-order valence-corrected chi connectivity index (χ3v) is 5.02. The van der Waals surface area contributed by atoms with Crippen molar-refractivity contribution in [2.75, 3.05) is 24.3 Å². The summed E-state index contributed by atoms with van der Waals surface area (Å²) in [5.41, 5.74) is 4.46. The zero-order valence-corrected chi connectivity index (χ0v) is 16.0. The topological polar surface area (TPSA) is 76.5 Å². The van der Waals surface area contributed by atoms with Gasteiger partial charge in [-0.15, -0.1) is 0 Å². The van der Waals surface area contributed by atoms with Crippen molar-refractivity contribution in [1.82, 2.24) is 4.90 Å². The van der Waals surface area contributed by atoms with E-state index in [4.69, 9.17) is 5.41 Å². The highest BCUT2D eigenvalue weighted by molar-refractivity contribution is 6.05. The van der Waals surface area contributed by atoms with Crippen LogP contribution in [-0.4, -0.2) is 42.6 Å². The van der Waals surface area contributed by atoms with E-state index in [2.05, 4.69) is 5.32 Å². The number of carbonyl (C=O) groups excluding carboxylic acids is 2. The van der Waals surface area contributed by atoms with Gasteiger partial charge in [0, 0.05) is 43.3 Å². The Morgan fingerprint density at radius 1 is 1.11 bits per heavy atom. The minimum Gasteiger partial charge on any atom is -0.363 e. The fraction of sp³-hybridized carbons (Fsp3) is 0.286. The summed E-state index contributed by atoms with van der Waals surface area (Å²) in [5, 5.41) is 10.5. The maximum Gasteiger partial charge on any atom is 0.255 e. The van der Waals surface area contributed by atoms with Crippen LogP contribution in [0, 0.1) is 5.41 Å². The molecule has 1 atom stereocenters. The normalized spacial score (nSPS) is 16.6. The van der Waals surface area contributed by atoms with Crippen molar-refractivity contribution in [3.8, 4) is 0 Å². The van der Waals surface area contributed by atoms with Crippen LogP contribution in [0.25, 0.3) is 0 Å². The first kappa shape index (κ1) is 18.6. The van der Waals surface area contributed by atoms with Gasteiger partial charge in [0.15, 0.2) is 0 Å². The van der Waals surface area contributed by atoms with Gasteiger partial charge in [0.1, 0.15) is 6.04 Å². The van der Waals surface area contributed by atoms with E-state index in [1.807, 2.05) is 37.1 Å². The lowest BCUT2D eigenvalue weighted by atomic mass is 10.1. The van der Waals surface area contributed by atoms with Gasteiger partial charge in [-0.1, -0.05) is 12.1 Å². The predicted molar refractivity (Wildman–Crippen MR) is 108 cm³/mol. The Bertz CT molecular complexity index is 905. The summed E-state index contributed by atoms with van der Waals surface area (Å²) in [5.74, 6) is -0.134. The number of hydrogen-bond acceptors (Lipinski definition) is 4. The zero-order valence-electron chi connectivity index (χ0n) is 16.0. The van der Waals surface area contributed by atoms with Gasteiger partial charge < -0.3 is 20.5 Å². The Morgan fingerprint density at radius 2 is 1.74 bits per heavy atom. The van der Waals surface area contributed by atoms with Crippen molar-refractivity contribution in [3.63, 3.8) is 0 Å². The maximum atomic E-state index is 12.5. The van der Waals surface area contributed by atoms with E-state index < -0.39 is 0 Å². The number of benzene rings is 2. The monoisotopic (exact) mass is 364 g/mol. The largest absolute Gasteiger partial charge is 0.363 e. The molecule has 2 amide bonds. The van der Waals surface area contributed by atoms with Gasteiger partial charge in [-0.25, -0.2) is 0 Å². The molecule has 0 radical (unpaired) electrons.